The summed E-state index contributed by atoms with van der Waals surface area (Å²) >= 11 is 5.92. The van der Waals surface area contributed by atoms with Crippen LogP contribution in [0.3, 0.4) is 0 Å². The van der Waals surface area contributed by atoms with Gasteiger partial charge in [0, 0.05) is 16.1 Å². The number of aliphatic hydroxyl groups excluding tert-OH is 2. The van der Waals surface area contributed by atoms with Gasteiger partial charge in [-0.1, -0.05) is 23.7 Å². The number of benzene rings is 1. The highest BCUT2D eigenvalue weighted by molar-refractivity contribution is 6.31. The maximum absolute atomic E-state index is 11.3. The second kappa shape index (κ2) is 6.65. The minimum absolute atomic E-state index is 0.0968. The Labute approximate surface area is 115 Å². The van der Waals surface area contributed by atoms with Crippen molar-refractivity contribution in [2.24, 2.45) is 0 Å². The van der Waals surface area contributed by atoms with Crippen LogP contribution < -0.4 is 0 Å². The summed E-state index contributed by atoms with van der Waals surface area (Å²) in [5, 5.41) is 19.6. The third-order valence-electron chi connectivity index (χ3n) is 2.55. The normalized spacial score (nSPS) is 13.7. The number of ether oxygens (including phenoxy) is 1. The Bertz CT molecular complexity index is 486. The summed E-state index contributed by atoms with van der Waals surface area (Å²) in [6.07, 6.45) is -3.23. The van der Waals surface area contributed by atoms with Gasteiger partial charge < -0.3 is 14.9 Å². The van der Waals surface area contributed by atoms with Gasteiger partial charge in [0.05, 0.1) is 6.61 Å². The molecule has 0 fully saturated rings. The lowest BCUT2D eigenvalue weighted by Gasteiger charge is -2.18. The SMILES string of the molecule is CCOC(=O)C(O)C(O)c1ccc(C(C)=O)cc1Cl. The molecule has 2 unspecified atom stereocenters. The third kappa shape index (κ3) is 3.76. The molecule has 0 aliphatic rings. The number of esters is 1. The van der Waals surface area contributed by atoms with E-state index in [9.17, 15) is 19.8 Å². The smallest absolute Gasteiger partial charge is 0.338 e. The van der Waals surface area contributed by atoms with Crippen molar-refractivity contribution in [2.45, 2.75) is 26.1 Å². The number of rotatable bonds is 5. The van der Waals surface area contributed by atoms with Crippen LogP contribution in [0.5, 0.6) is 0 Å². The molecular formula is C13H15ClO5. The topological polar surface area (TPSA) is 83.8 Å². The number of hydrogen-bond acceptors (Lipinski definition) is 5. The Hall–Kier alpha value is -1.43. The van der Waals surface area contributed by atoms with E-state index >= 15 is 0 Å². The Morgan fingerprint density at radius 1 is 1.37 bits per heavy atom. The number of Topliss-reactive ketones (excluding diaryl/α,β-unsaturated/α-hetero) is 1. The fraction of sp³-hybridized carbons (Fsp3) is 0.385. The first-order valence-electron chi connectivity index (χ1n) is 5.71. The molecule has 0 heterocycles. The molecule has 1 rings (SSSR count). The van der Waals surface area contributed by atoms with Gasteiger partial charge in [-0.2, -0.15) is 0 Å². The van der Waals surface area contributed by atoms with Crippen LogP contribution >= 0.6 is 11.6 Å². The molecule has 0 aliphatic carbocycles. The first-order valence-corrected chi connectivity index (χ1v) is 6.09. The van der Waals surface area contributed by atoms with Crippen LogP contribution in [0.15, 0.2) is 18.2 Å². The van der Waals surface area contributed by atoms with Crippen LogP contribution in [0, 0.1) is 0 Å². The highest BCUT2D eigenvalue weighted by atomic mass is 35.5. The molecule has 19 heavy (non-hydrogen) atoms. The lowest BCUT2D eigenvalue weighted by Crippen LogP contribution is -2.30. The second-order valence-electron chi connectivity index (χ2n) is 3.93. The summed E-state index contributed by atoms with van der Waals surface area (Å²) < 4.78 is 4.60. The predicted molar refractivity (Wildman–Crippen MR) is 69.1 cm³/mol. The zero-order valence-corrected chi connectivity index (χ0v) is 11.3. The summed E-state index contributed by atoms with van der Waals surface area (Å²) in [4.78, 5) is 22.5. The van der Waals surface area contributed by atoms with Crippen molar-refractivity contribution in [1.29, 1.82) is 0 Å². The predicted octanol–water partition coefficient (Wildman–Crippen LogP) is 1.50. The van der Waals surface area contributed by atoms with Gasteiger partial charge >= 0.3 is 5.97 Å². The summed E-state index contributed by atoms with van der Waals surface area (Å²) in [6.45, 7) is 3.07. The van der Waals surface area contributed by atoms with Crippen molar-refractivity contribution in [3.05, 3.63) is 34.3 Å². The average molecular weight is 287 g/mol. The quantitative estimate of drug-likeness (QED) is 0.633. The molecule has 0 saturated carbocycles. The van der Waals surface area contributed by atoms with Crippen LogP contribution in [0.2, 0.25) is 5.02 Å². The van der Waals surface area contributed by atoms with Crippen LogP contribution in [-0.2, 0) is 9.53 Å². The van der Waals surface area contributed by atoms with Gasteiger partial charge in [-0.15, -0.1) is 0 Å². The molecule has 0 aliphatic heterocycles. The molecule has 2 atom stereocenters. The third-order valence-corrected chi connectivity index (χ3v) is 2.88. The zero-order valence-electron chi connectivity index (χ0n) is 10.6. The molecule has 0 bridgehead atoms. The Balaban J connectivity index is 2.96. The fourth-order valence-electron chi connectivity index (χ4n) is 1.51. The molecule has 1 aromatic rings. The van der Waals surface area contributed by atoms with Crippen LogP contribution in [0.1, 0.15) is 35.9 Å². The van der Waals surface area contributed by atoms with E-state index in [1.165, 1.54) is 25.1 Å². The van der Waals surface area contributed by atoms with E-state index in [4.69, 9.17) is 11.6 Å². The van der Waals surface area contributed by atoms with Crippen molar-refractivity contribution >= 4 is 23.4 Å². The van der Waals surface area contributed by atoms with Crippen molar-refractivity contribution in [1.82, 2.24) is 0 Å². The Morgan fingerprint density at radius 3 is 2.47 bits per heavy atom. The minimum Gasteiger partial charge on any atom is -0.464 e. The van der Waals surface area contributed by atoms with Gasteiger partial charge in [0.2, 0.25) is 0 Å². The van der Waals surface area contributed by atoms with E-state index in [2.05, 4.69) is 4.74 Å². The number of halogens is 1. The van der Waals surface area contributed by atoms with Gasteiger partial charge in [-0.05, 0) is 19.9 Å². The highest BCUT2D eigenvalue weighted by Crippen LogP contribution is 2.27. The fourth-order valence-corrected chi connectivity index (χ4v) is 1.80. The Kier molecular flexibility index (Phi) is 5.47. The second-order valence-corrected chi connectivity index (χ2v) is 4.34. The molecule has 1 aromatic carbocycles. The van der Waals surface area contributed by atoms with E-state index in [0.717, 1.165) is 0 Å². The summed E-state index contributed by atoms with van der Waals surface area (Å²) in [7, 11) is 0. The standard InChI is InChI=1S/C13H15ClO5/c1-3-19-13(18)12(17)11(16)9-5-4-8(7(2)15)6-10(9)14/h4-6,11-12,16-17H,3H2,1-2H3. The number of carbonyl (C=O) groups is 2. The molecular weight excluding hydrogens is 272 g/mol. The lowest BCUT2D eigenvalue weighted by molar-refractivity contribution is -0.159. The number of aliphatic hydroxyl groups is 2. The number of carbonyl (C=O) groups excluding carboxylic acids is 2. The molecule has 2 N–H and O–H groups in total. The largest absolute Gasteiger partial charge is 0.464 e. The monoisotopic (exact) mass is 286 g/mol. The highest BCUT2D eigenvalue weighted by Gasteiger charge is 2.28. The van der Waals surface area contributed by atoms with Gasteiger partial charge in [-0.3, -0.25) is 4.79 Å². The van der Waals surface area contributed by atoms with Crippen molar-refractivity contribution < 1.29 is 24.5 Å². The summed E-state index contributed by atoms with van der Waals surface area (Å²) in [5.74, 6) is -1.10. The van der Waals surface area contributed by atoms with Gasteiger partial charge in [0.25, 0.3) is 0 Å². The van der Waals surface area contributed by atoms with Crippen molar-refractivity contribution in [3.63, 3.8) is 0 Å². The van der Waals surface area contributed by atoms with E-state index in [1.807, 2.05) is 0 Å². The van der Waals surface area contributed by atoms with Crippen LogP contribution in [0.4, 0.5) is 0 Å². The lowest BCUT2D eigenvalue weighted by atomic mass is 10.0. The van der Waals surface area contributed by atoms with Gasteiger partial charge in [0.1, 0.15) is 6.10 Å². The maximum atomic E-state index is 11.3. The molecule has 6 heteroatoms. The first kappa shape index (κ1) is 15.6. The van der Waals surface area contributed by atoms with Gasteiger partial charge in [0.15, 0.2) is 11.9 Å². The molecule has 0 saturated heterocycles. The molecule has 0 amide bonds. The van der Waals surface area contributed by atoms with Crippen LogP contribution in [-0.4, -0.2) is 34.7 Å². The molecule has 104 valence electrons. The zero-order chi connectivity index (χ0) is 14.6. The molecule has 0 aromatic heterocycles. The minimum atomic E-state index is -1.72. The molecule has 0 spiro atoms. The molecule has 0 radical (unpaired) electrons. The summed E-state index contributed by atoms with van der Waals surface area (Å²) in [5.41, 5.74) is 0.541. The van der Waals surface area contributed by atoms with Crippen molar-refractivity contribution in [3.8, 4) is 0 Å². The number of hydrogen-bond donors (Lipinski definition) is 2. The Morgan fingerprint density at radius 2 is 2.00 bits per heavy atom. The molecule has 5 nitrogen and oxygen atoms in total. The van der Waals surface area contributed by atoms with E-state index in [-0.39, 0.29) is 23.0 Å². The van der Waals surface area contributed by atoms with Crippen LogP contribution in [0.25, 0.3) is 0 Å². The average Bonchev–Trinajstić information content (AvgIpc) is 2.37. The van der Waals surface area contributed by atoms with E-state index in [0.29, 0.717) is 5.56 Å². The maximum Gasteiger partial charge on any atom is 0.338 e. The summed E-state index contributed by atoms with van der Waals surface area (Å²) in [6, 6.07) is 4.23. The number of ketones is 1. The van der Waals surface area contributed by atoms with E-state index in [1.54, 1.807) is 6.92 Å². The van der Waals surface area contributed by atoms with E-state index < -0.39 is 18.2 Å². The van der Waals surface area contributed by atoms with Gasteiger partial charge in [-0.25, -0.2) is 4.79 Å². The first-order chi connectivity index (χ1) is 8.88. The van der Waals surface area contributed by atoms with Crippen molar-refractivity contribution in [2.75, 3.05) is 6.61 Å².